The average Bonchev–Trinajstić information content (AvgIpc) is 2.68. The van der Waals surface area contributed by atoms with Gasteiger partial charge in [0.25, 0.3) is 5.91 Å². The van der Waals surface area contributed by atoms with E-state index in [0.717, 1.165) is 0 Å². The third kappa shape index (κ3) is 7.55. The Balaban J connectivity index is 2.21. The predicted octanol–water partition coefficient (Wildman–Crippen LogP) is 4.66. The molecule has 31 heavy (non-hydrogen) atoms. The van der Waals surface area contributed by atoms with Gasteiger partial charge in [0.15, 0.2) is 6.10 Å². The SMILES string of the molecule is CN(C)CCO[C@H](C(=O)NCc1cc(C(F)(F)F)cc(C(F)(F)F)c1)c1ccccc1. The number of amides is 1. The van der Waals surface area contributed by atoms with Crippen molar-refractivity contribution in [2.24, 2.45) is 0 Å². The standard InChI is InChI=1S/C21H22F6N2O2/c1-29(2)8-9-31-18(15-6-4-3-5-7-15)19(30)28-13-14-10-16(20(22,23)24)12-17(11-14)21(25,26)27/h3-7,10-12,18H,8-9,13H2,1-2H3,(H,28,30)/t18-/m0/s1. The molecule has 0 aliphatic carbocycles. The number of alkyl halides is 6. The highest BCUT2D eigenvalue weighted by Gasteiger charge is 2.37. The summed E-state index contributed by atoms with van der Waals surface area (Å²) in [5, 5.41) is 2.38. The first kappa shape index (κ1) is 24.7. The number of carbonyl (C=O) groups is 1. The van der Waals surface area contributed by atoms with E-state index in [0.29, 0.717) is 24.2 Å². The second-order valence-electron chi connectivity index (χ2n) is 7.10. The number of ether oxygens (including phenoxy) is 1. The van der Waals surface area contributed by atoms with Crippen molar-refractivity contribution in [1.82, 2.24) is 10.2 Å². The Labute approximate surface area is 175 Å². The van der Waals surface area contributed by atoms with Gasteiger partial charge in [0.2, 0.25) is 0 Å². The maximum Gasteiger partial charge on any atom is 0.416 e. The van der Waals surface area contributed by atoms with Crippen molar-refractivity contribution in [2.75, 3.05) is 27.2 Å². The molecule has 170 valence electrons. The van der Waals surface area contributed by atoms with Crippen LogP contribution in [0.25, 0.3) is 0 Å². The summed E-state index contributed by atoms with van der Waals surface area (Å²) >= 11 is 0. The number of benzene rings is 2. The highest BCUT2D eigenvalue weighted by atomic mass is 19.4. The van der Waals surface area contributed by atoms with E-state index in [2.05, 4.69) is 5.32 Å². The summed E-state index contributed by atoms with van der Waals surface area (Å²) < 4.78 is 83.7. The average molecular weight is 448 g/mol. The van der Waals surface area contributed by atoms with E-state index in [9.17, 15) is 31.1 Å². The molecule has 2 aromatic carbocycles. The summed E-state index contributed by atoms with van der Waals surface area (Å²) in [7, 11) is 3.62. The Morgan fingerprint density at radius 2 is 1.52 bits per heavy atom. The fourth-order valence-corrected chi connectivity index (χ4v) is 2.71. The van der Waals surface area contributed by atoms with Gasteiger partial charge in [0.05, 0.1) is 17.7 Å². The number of rotatable bonds is 8. The van der Waals surface area contributed by atoms with Gasteiger partial charge in [-0.1, -0.05) is 30.3 Å². The first-order valence-electron chi connectivity index (χ1n) is 9.25. The van der Waals surface area contributed by atoms with Crippen LogP contribution in [0.1, 0.15) is 28.4 Å². The van der Waals surface area contributed by atoms with Gasteiger partial charge in [-0.3, -0.25) is 4.79 Å². The molecule has 2 aromatic rings. The molecule has 0 saturated heterocycles. The smallest absolute Gasteiger partial charge is 0.362 e. The summed E-state index contributed by atoms with van der Waals surface area (Å²) in [4.78, 5) is 14.5. The van der Waals surface area contributed by atoms with Crippen molar-refractivity contribution in [1.29, 1.82) is 0 Å². The molecule has 0 spiro atoms. The number of hydrogen-bond donors (Lipinski definition) is 1. The summed E-state index contributed by atoms with van der Waals surface area (Å²) in [6, 6.07) is 9.61. The number of nitrogens with one attached hydrogen (secondary N) is 1. The molecule has 0 aromatic heterocycles. The van der Waals surface area contributed by atoms with Crippen molar-refractivity contribution in [3.63, 3.8) is 0 Å². The minimum Gasteiger partial charge on any atom is -0.362 e. The van der Waals surface area contributed by atoms with Crippen molar-refractivity contribution in [2.45, 2.75) is 25.0 Å². The van der Waals surface area contributed by atoms with Gasteiger partial charge < -0.3 is 15.0 Å². The van der Waals surface area contributed by atoms with Crippen LogP contribution in [0, 0.1) is 0 Å². The molecule has 1 amide bonds. The monoisotopic (exact) mass is 448 g/mol. The molecule has 0 heterocycles. The number of nitrogens with zero attached hydrogens (tertiary/aromatic N) is 1. The Morgan fingerprint density at radius 1 is 0.968 bits per heavy atom. The normalized spacial score (nSPS) is 13.3. The Hall–Kier alpha value is -2.59. The zero-order chi connectivity index (χ0) is 23.2. The van der Waals surface area contributed by atoms with Crippen LogP contribution in [-0.2, 0) is 28.4 Å². The van der Waals surface area contributed by atoms with Crippen LogP contribution in [0.15, 0.2) is 48.5 Å². The van der Waals surface area contributed by atoms with Crippen LogP contribution in [-0.4, -0.2) is 38.1 Å². The van der Waals surface area contributed by atoms with Crippen LogP contribution < -0.4 is 5.32 Å². The molecule has 0 bridgehead atoms. The van der Waals surface area contributed by atoms with Gasteiger partial charge in [0, 0.05) is 13.1 Å². The minimum absolute atomic E-state index is 0.0441. The first-order valence-corrected chi connectivity index (χ1v) is 9.25. The van der Waals surface area contributed by atoms with Gasteiger partial charge in [0.1, 0.15) is 0 Å². The minimum atomic E-state index is -4.96. The van der Waals surface area contributed by atoms with Gasteiger partial charge in [-0.25, -0.2) is 0 Å². The van der Waals surface area contributed by atoms with E-state index >= 15 is 0 Å². The van der Waals surface area contributed by atoms with Crippen LogP contribution in [0.2, 0.25) is 0 Å². The summed E-state index contributed by atoms with van der Waals surface area (Å²) in [6.45, 7) is 0.188. The lowest BCUT2D eigenvalue weighted by atomic mass is 10.0. The van der Waals surface area contributed by atoms with Crippen LogP contribution in [0.5, 0.6) is 0 Å². The summed E-state index contributed by atoms with van der Waals surface area (Å²) in [5.41, 5.74) is -2.68. The van der Waals surface area contributed by atoms with Crippen LogP contribution in [0.4, 0.5) is 26.3 Å². The molecule has 1 atom stereocenters. The molecule has 2 rings (SSSR count). The van der Waals surface area contributed by atoms with Gasteiger partial charge in [-0.05, 0) is 43.4 Å². The highest BCUT2D eigenvalue weighted by Crippen LogP contribution is 2.36. The molecule has 0 saturated carbocycles. The Kier molecular flexibility index (Phi) is 8.08. The third-order valence-electron chi connectivity index (χ3n) is 4.28. The van der Waals surface area contributed by atoms with Crippen molar-refractivity contribution < 1.29 is 35.9 Å². The lowest BCUT2D eigenvalue weighted by molar-refractivity contribution is -0.143. The van der Waals surface area contributed by atoms with E-state index in [1.54, 1.807) is 30.3 Å². The molecule has 4 nitrogen and oxygen atoms in total. The molecular formula is C21H22F6N2O2. The third-order valence-corrected chi connectivity index (χ3v) is 4.28. The molecule has 0 fully saturated rings. The topological polar surface area (TPSA) is 41.6 Å². The maximum atomic E-state index is 13.0. The lowest BCUT2D eigenvalue weighted by Crippen LogP contribution is -2.32. The van der Waals surface area contributed by atoms with E-state index < -0.39 is 42.0 Å². The van der Waals surface area contributed by atoms with Gasteiger partial charge >= 0.3 is 12.4 Å². The zero-order valence-corrected chi connectivity index (χ0v) is 16.8. The Bertz CT molecular complexity index is 834. The summed E-state index contributed by atoms with van der Waals surface area (Å²) in [5.74, 6) is -0.670. The number of hydrogen-bond acceptors (Lipinski definition) is 3. The fraction of sp³-hybridized carbons (Fsp3) is 0.381. The first-order chi connectivity index (χ1) is 14.4. The molecule has 10 heteroatoms. The number of carbonyl (C=O) groups excluding carboxylic acids is 1. The molecule has 1 N–H and O–H groups in total. The predicted molar refractivity (Wildman–Crippen MR) is 102 cm³/mol. The molecule has 0 unspecified atom stereocenters. The van der Waals surface area contributed by atoms with Crippen LogP contribution >= 0.6 is 0 Å². The van der Waals surface area contributed by atoms with Gasteiger partial charge in [-0.2, -0.15) is 26.3 Å². The van der Waals surface area contributed by atoms with E-state index in [4.69, 9.17) is 4.74 Å². The zero-order valence-electron chi connectivity index (χ0n) is 16.8. The number of halogens is 6. The molecule has 0 aliphatic rings. The van der Waals surface area contributed by atoms with Crippen molar-refractivity contribution >= 4 is 5.91 Å². The quantitative estimate of drug-likeness (QED) is 0.598. The van der Waals surface area contributed by atoms with Crippen LogP contribution in [0.3, 0.4) is 0 Å². The lowest BCUT2D eigenvalue weighted by Gasteiger charge is -2.20. The number of likely N-dealkylation sites (N-methyl/N-ethyl adjacent to an activating group) is 1. The van der Waals surface area contributed by atoms with Crippen molar-refractivity contribution in [3.8, 4) is 0 Å². The molecule has 0 aliphatic heterocycles. The largest absolute Gasteiger partial charge is 0.416 e. The second-order valence-corrected chi connectivity index (χ2v) is 7.10. The molecule has 0 radical (unpaired) electrons. The maximum absolute atomic E-state index is 13.0. The van der Waals surface area contributed by atoms with E-state index in [1.165, 1.54) is 0 Å². The van der Waals surface area contributed by atoms with Crippen molar-refractivity contribution in [3.05, 3.63) is 70.8 Å². The fourth-order valence-electron chi connectivity index (χ4n) is 2.71. The summed E-state index contributed by atoms with van der Waals surface area (Å²) in [6.07, 6.45) is -11.0. The van der Waals surface area contributed by atoms with E-state index in [-0.39, 0.29) is 18.2 Å². The second kappa shape index (κ2) is 10.1. The van der Waals surface area contributed by atoms with Gasteiger partial charge in [-0.15, -0.1) is 0 Å². The highest BCUT2D eigenvalue weighted by molar-refractivity contribution is 5.82. The van der Waals surface area contributed by atoms with E-state index in [1.807, 2.05) is 19.0 Å². The Morgan fingerprint density at radius 3 is 2.00 bits per heavy atom. The molecular weight excluding hydrogens is 426 g/mol.